The van der Waals surface area contributed by atoms with Gasteiger partial charge in [0.25, 0.3) is 0 Å². The fourth-order valence-corrected chi connectivity index (χ4v) is 6.11. The van der Waals surface area contributed by atoms with Crippen molar-refractivity contribution in [2.75, 3.05) is 49.5 Å². The molecule has 1 unspecified atom stereocenters. The van der Waals surface area contributed by atoms with Gasteiger partial charge in [-0.3, -0.25) is 4.31 Å². The number of hydrogen-bond donors (Lipinski definition) is 2. The third-order valence-electron chi connectivity index (χ3n) is 7.43. The number of carboxylic acids is 1. The van der Waals surface area contributed by atoms with Gasteiger partial charge in [-0.2, -0.15) is 0 Å². The first kappa shape index (κ1) is 26.0. The highest BCUT2D eigenvalue weighted by atomic mass is 32.2. The van der Waals surface area contributed by atoms with E-state index in [2.05, 4.69) is 26.8 Å². The van der Waals surface area contributed by atoms with E-state index in [1.165, 1.54) is 18.2 Å². The second-order valence-corrected chi connectivity index (χ2v) is 11.5. The van der Waals surface area contributed by atoms with Crippen LogP contribution < -0.4 is 9.21 Å². The van der Waals surface area contributed by atoms with Gasteiger partial charge in [0.15, 0.2) is 11.0 Å². The minimum absolute atomic E-state index is 0.102. The molecule has 0 radical (unpaired) electrons. The highest BCUT2D eigenvalue weighted by Gasteiger charge is 2.19. The molecule has 10 heteroatoms. The number of anilines is 2. The third kappa shape index (κ3) is 4.80. The monoisotopic (exact) mass is 557 g/mol. The summed E-state index contributed by atoms with van der Waals surface area (Å²) in [5.74, 6) is -1.54. The lowest BCUT2D eigenvalue weighted by Crippen LogP contribution is -2.44. The van der Waals surface area contributed by atoms with Gasteiger partial charge in [0, 0.05) is 66.5 Å². The Labute approximate surface area is 233 Å². The highest BCUT2D eigenvalue weighted by molar-refractivity contribution is 7.86. The van der Waals surface area contributed by atoms with Crippen LogP contribution in [0.3, 0.4) is 0 Å². The number of benzene rings is 3. The van der Waals surface area contributed by atoms with Gasteiger partial charge in [0.2, 0.25) is 0 Å². The van der Waals surface area contributed by atoms with E-state index in [4.69, 9.17) is 0 Å². The quantitative estimate of drug-likeness (QED) is 0.301. The SMILES string of the molecule is CN1CCN(c2ccc(S(=O)N(C)c3ccc(-c4nc(C(=O)O)cc5c4[nH]c4cc(F)ccc45)cc3)cc2)CC1. The number of carboxylic acid groups (broad SMARTS) is 1. The van der Waals surface area contributed by atoms with Crippen molar-refractivity contribution in [1.29, 1.82) is 0 Å². The van der Waals surface area contributed by atoms with Crippen LogP contribution in [0.15, 0.2) is 77.7 Å². The molecule has 2 N–H and O–H groups in total. The van der Waals surface area contributed by atoms with Crippen molar-refractivity contribution >= 4 is 50.1 Å². The summed E-state index contributed by atoms with van der Waals surface area (Å²) < 4.78 is 28.9. The molecule has 8 nitrogen and oxygen atoms in total. The molecule has 5 aromatic rings. The summed E-state index contributed by atoms with van der Waals surface area (Å²) in [6.07, 6.45) is 0. The lowest BCUT2D eigenvalue weighted by Gasteiger charge is -2.34. The molecule has 40 heavy (non-hydrogen) atoms. The number of hydrogen-bond acceptors (Lipinski definition) is 5. The van der Waals surface area contributed by atoms with Crippen molar-refractivity contribution in [3.05, 3.63) is 84.3 Å². The molecule has 204 valence electrons. The van der Waals surface area contributed by atoms with Crippen LogP contribution in [0, 0.1) is 5.82 Å². The third-order valence-corrected chi connectivity index (χ3v) is 8.81. The van der Waals surface area contributed by atoms with Gasteiger partial charge in [-0.1, -0.05) is 12.1 Å². The average molecular weight is 558 g/mol. The standard InChI is InChI=1S/C30H28FN5O3S/c1-34-13-15-36(16-14-34)22-8-10-23(11-9-22)40(39)35(2)21-6-3-19(4-7-21)28-29-25(18-27(33-28)30(37)38)24-12-5-20(31)17-26(24)32-29/h3-12,17-18,32H,13-16H2,1-2H3,(H,37,38). The van der Waals surface area contributed by atoms with Gasteiger partial charge in [0.1, 0.15) is 11.5 Å². The number of aromatic nitrogens is 2. The number of halogens is 1. The molecule has 3 heterocycles. The Morgan fingerprint density at radius 3 is 2.35 bits per heavy atom. The van der Waals surface area contributed by atoms with Gasteiger partial charge < -0.3 is 19.9 Å². The van der Waals surface area contributed by atoms with Crippen molar-refractivity contribution in [1.82, 2.24) is 14.9 Å². The maximum atomic E-state index is 13.9. The second-order valence-electron chi connectivity index (χ2n) is 9.98. The van der Waals surface area contributed by atoms with E-state index in [0.717, 1.165) is 37.6 Å². The predicted octanol–water partition coefficient (Wildman–Crippen LogP) is 5.13. The van der Waals surface area contributed by atoms with Crippen molar-refractivity contribution in [2.45, 2.75) is 4.90 Å². The fourth-order valence-electron chi connectivity index (χ4n) is 5.11. The summed E-state index contributed by atoms with van der Waals surface area (Å²) in [4.78, 5) is 24.8. The van der Waals surface area contributed by atoms with Crippen molar-refractivity contribution in [3.63, 3.8) is 0 Å². The Kier molecular flexibility index (Phi) is 6.73. The molecule has 0 aliphatic carbocycles. The molecule has 1 atom stereocenters. The molecule has 0 saturated carbocycles. The summed E-state index contributed by atoms with van der Waals surface area (Å²) in [7, 11) is 2.47. The molecular weight excluding hydrogens is 529 g/mol. The first-order valence-electron chi connectivity index (χ1n) is 12.9. The first-order valence-corrected chi connectivity index (χ1v) is 14.0. The molecule has 3 aromatic carbocycles. The lowest BCUT2D eigenvalue weighted by molar-refractivity contribution is 0.0691. The van der Waals surface area contributed by atoms with E-state index in [1.54, 1.807) is 17.4 Å². The number of aromatic carboxylic acids is 1. The van der Waals surface area contributed by atoms with Crippen LogP contribution >= 0.6 is 0 Å². The summed E-state index contributed by atoms with van der Waals surface area (Å²) >= 11 is 0. The number of pyridine rings is 1. The normalized spacial score (nSPS) is 15.0. The van der Waals surface area contributed by atoms with Crippen LogP contribution in [0.25, 0.3) is 33.1 Å². The van der Waals surface area contributed by atoms with Crippen LogP contribution in [0.1, 0.15) is 10.5 Å². The van der Waals surface area contributed by atoms with Crippen LogP contribution in [0.5, 0.6) is 0 Å². The summed E-state index contributed by atoms with van der Waals surface area (Å²) in [5.41, 5.74) is 4.07. The van der Waals surface area contributed by atoms with Crippen molar-refractivity contribution < 1.29 is 18.5 Å². The smallest absolute Gasteiger partial charge is 0.354 e. The van der Waals surface area contributed by atoms with Gasteiger partial charge in [-0.05, 0) is 67.7 Å². The Hall–Kier alpha value is -4.28. The lowest BCUT2D eigenvalue weighted by atomic mass is 10.1. The average Bonchev–Trinajstić information content (AvgIpc) is 3.34. The van der Waals surface area contributed by atoms with Crippen LogP contribution in [-0.4, -0.2) is 70.4 Å². The van der Waals surface area contributed by atoms with E-state index in [-0.39, 0.29) is 11.5 Å². The summed E-state index contributed by atoms with van der Waals surface area (Å²) in [6, 6.07) is 21.0. The minimum Gasteiger partial charge on any atom is -0.477 e. The molecule has 2 aromatic heterocycles. The van der Waals surface area contributed by atoms with E-state index >= 15 is 0 Å². The molecule has 1 aliphatic rings. The molecule has 1 aliphatic heterocycles. The number of rotatable bonds is 6. The van der Waals surface area contributed by atoms with Gasteiger partial charge >= 0.3 is 5.97 Å². The number of carbonyl (C=O) groups is 1. The summed E-state index contributed by atoms with van der Waals surface area (Å²) in [5, 5.41) is 11.0. The molecule has 6 rings (SSSR count). The maximum absolute atomic E-state index is 13.9. The largest absolute Gasteiger partial charge is 0.477 e. The number of nitrogens with zero attached hydrogens (tertiary/aromatic N) is 4. The number of aromatic amines is 1. The first-order chi connectivity index (χ1) is 19.3. The van der Waals surface area contributed by atoms with Crippen molar-refractivity contribution in [3.8, 4) is 11.3 Å². The van der Waals surface area contributed by atoms with E-state index < -0.39 is 17.0 Å². The zero-order valence-corrected chi connectivity index (χ0v) is 22.9. The Morgan fingerprint density at radius 1 is 0.975 bits per heavy atom. The molecule has 1 saturated heterocycles. The maximum Gasteiger partial charge on any atom is 0.354 e. The molecule has 1 fully saturated rings. The second kappa shape index (κ2) is 10.4. The number of nitrogens with one attached hydrogen (secondary N) is 1. The van der Waals surface area contributed by atoms with Gasteiger partial charge in [-0.25, -0.2) is 18.4 Å². The zero-order chi connectivity index (χ0) is 28.0. The topological polar surface area (TPSA) is 92.8 Å². The molecule has 0 bridgehead atoms. The fraction of sp³-hybridized carbons (Fsp3) is 0.200. The molecule has 0 amide bonds. The van der Waals surface area contributed by atoms with E-state index in [9.17, 15) is 18.5 Å². The van der Waals surface area contributed by atoms with Crippen molar-refractivity contribution in [2.24, 2.45) is 0 Å². The van der Waals surface area contributed by atoms with Crippen LogP contribution in [0.2, 0.25) is 0 Å². The number of piperazine rings is 1. The number of fused-ring (bicyclic) bond motifs is 3. The molecule has 0 spiro atoms. The predicted molar refractivity (Wildman–Crippen MR) is 157 cm³/mol. The zero-order valence-electron chi connectivity index (χ0n) is 22.1. The van der Waals surface area contributed by atoms with Gasteiger partial charge in [0.05, 0.1) is 16.1 Å². The Morgan fingerprint density at radius 2 is 1.68 bits per heavy atom. The summed E-state index contributed by atoms with van der Waals surface area (Å²) in [6.45, 7) is 3.98. The molecular formula is C30H28FN5O3S. The van der Waals surface area contributed by atoms with Gasteiger partial charge in [-0.15, -0.1) is 0 Å². The highest BCUT2D eigenvalue weighted by Crippen LogP contribution is 2.34. The van der Waals surface area contributed by atoms with E-state index in [0.29, 0.717) is 38.0 Å². The Bertz CT molecular complexity index is 1750. The van der Waals surface area contributed by atoms with E-state index in [1.807, 2.05) is 48.5 Å². The minimum atomic E-state index is -1.42. The number of H-pyrrole nitrogens is 1. The number of likely N-dealkylation sites (N-methyl/N-ethyl adjacent to an activating group) is 1. The van der Waals surface area contributed by atoms with Crippen LogP contribution in [-0.2, 0) is 11.0 Å². The Balaban J connectivity index is 1.27. The van der Waals surface area contributed by atoms with Crippen LogP contribution in [0.4, 0.5) is 15.8 Å².